The fraction of sp³-hybridized carbons (Fsp3) is 0.923. The van der Waals surface area contributed by atoms with Crippen molar-refractivity contribution in [3.05, 3.63) is 6.42 Å². The Hall–Kier alpha value is 0. The van der Waals surface area contributed by atoms with Crippen LogP contribution in [0.3, 0.4) is 0 Å². The SMILES string of the molecule is CC[CH]C(C)(C)CCCCCCC. The molecular weight excluding hydrogens is 156 g/mol. The van der Waals surface area contributed by atoms with Crippen LogP contribution in [-0.4, -0.2) is 0 Å². The lowest BCUT2D eigenvalue weighted by Crippen LogP contribution is -2.11. The van der Waals surface area contributed by atoms with Crippen molar-refractivity contribution in [1.29, 1.82) is 0 Å². The van der Waals surface area contributed by atoms with Crippen LogP contribution in [0.15, 0.2) is 0 Å². The van der Waals surface area contributed by atoms with E-state index in [2.05, 4.69) is 34.1 Å². The highest BCUT2D eigenvalue weighted by Gasteiger charge is 2.15. The normalized spacial score (nSPS) is 12.0. The van der Waals surface area contributed by atoms with E-state index < -0.39 is 0 Å². The van der Waals surface area contributed by atoms with Crippen LogP contribution >= 0.6 is 0 Å². The lowest BCUT2D eigenvalue weighted by atomic mass is 9.83. The van der Waals surface area contributed by atoms with Crippen molar-refractivity contribution in [3.63, 3.8) is 0 Å². The maximum atomic E-state index is 2.45. The topological polar surface area (TPSA) is 0 Å². The molecule has 0 aromatic rings. The molecule has 0 unspecified atom stereocenters. The standard InChI is InChI=1S/C13H27/c1-5-7-8-9-10-12-13(3,4)11-6-2/h11H,5-10,12H2,1-4H3. The summed E-state index contributed by atoms with van der Waals surface area (Å²) < 4.78 is 0. The van der Waals surface area contributed by atoms with Gasteiger partial charge in [-0.1, -0.05) is 66.2 Å². The van der Waals surface area contributed by atoms with Gasteiger partial charge in [0, 0.05) is 0 Å². The van der Waals surface area contributed by atoms with Crippen LogP contribution in [0.2, 0.25) is 0 Å². The molecule has 0 aromatic heterocycles. The minimum Gasteiger partial charge on any atom is -0.0654 e. The van der Waals surface area contributed by atoms with Crippen LogP contribution in [0.1, 0.15) is 72.6 Å². The first-order valence-corrected chi connectivity index (χ1v) is 5.96. The Morgan fingerprint density at radius 3 is 2.08 bits per heavy atom. The molecule has 79 valence electrons. The van der Waals surface area contributed by atoms with Gasteiger partial charge < -0.3 is 0 Å². The quantitative estimate of drug-likeness (QED) is 0.465. The van der Waals surface area contributed by atoms with Crippen molar-refractivity contribution in [2.75, 3.05) is 0 Å². The fourth-order valence-corrected chi connectivity index (χ4v) is 1.84. The Bertz CT molecular complexity index is 103. The van der Waals surface area contributed by atoms with Gasteiger partial charge in [-0.2, -0.15) is 0 Å². The van der Waals surface area contributed by atoms with Crippen molar-refractivity contribution < 1.29 is 0 Å². The van der Waals surface area contributed by atoms with E-state index in [1.807, 2.05) is 0 Å². The summed E-state index contributed by atoms with van der Waals surface area (Å²) in [4.78, 5) is 0. The summed E-state index contributed by atoms with van der Waals surface area (Å²) in [5.41, 5.74) is 0.473. The molecular formula is C13H27. The Morgan fingerprint density at radius 2 is 1.54 bits per heavy atom. The Morgan fingerprint density at radius 1 is 0.923 bits per heavy atom. The van der Waals surface area contributed by atoms with Gasteiger partial charge in [0.05, 0.1) is 0 Å². The van der Waals surface area contributed by atoms with Gasteiger partial charge in [-0.3, -0.25) is 0 Å². The lowest BCUT2D eigenvalue weighted by molar-refractivity contribution is 0.368. The Labute approximate surface area is 85.1 Å². The zero-order valence-corrected chi connectivity index (χ0v) is 10.0. The molecule has 0 aliphatic rings. The van der Waals surface area contributed by atoms with Crippen molar-refractivity contribution in [2.24, 2.45) is 5.41 Å². The van der Waals surface area contributed by atoms with E-state index in [0.29, 0.717) is 5.41 Å². The summed E-state index contributed by atoms with van der Waals surface area (Å²) in [5.74, 6) is 0. The molecule has 0 spiro atoms. The summed E-state index contributed by atoms with van der Waals surface area (Å²) in [7, 11) is 0. The van der Waals surface area contributed by atoms with Gasteiger partial charge >= 0.3 is 0 Å². The van der Waals surface area contributed by atoms with Gasteiger partial charge in [-0.25, -0.2) is 0 Å². The van der Waals surface area contributed by atoms with Crippen LogP contribution < -0.4 is 0 Å². The smallest absolute Gasteiger partial charge is 0.0323 e. The Balaban J connectivity index is 3.29. The van der Waals surface area contributed by atoms with Crippen molar-refractivity contribution in [3.8, 4) is 0 Å². The van der Waals surface area contributed by atoms with Crippen molar-refractivity contribution in [2.45, 2.75) is 72.6 Å². The first kappa shape index (κ1) is 13.0. The highest BCUT2D eigenvalue weighted by atomic mass is 14.2. The Kier molecular flexibility index (Phi) is 7.41. The number of hydrogen-bond donors (Lipinski definition) is 0. The summed E-state index contributed by atoms with van der Waals surface area (Å²) in [6, 6.07) is 0. The molecule has 0 aliphatic heterocycles. The third kappa shape index (κ3) is 8.33. The molecule has 0 aromatic carbocycles. The molecule has 0 atom stereocenters. The predicted molar refractivity (Wildman–Crippen MR) is 61.7 cm³/mol. The number of rotatable bonds is 8. The molecule has 0 bridgehead atoms. The van der Waals surface area contributed by atoms with Crippen LogP contribution in [0.4, 0.5) is 0 Å². The average molecular weight is 183 g/mol. The third-order valence-corrected chi connectivity index (χ3v) is 2.68. The molecule has 0 saturated carbocycles. The van der Waals surface area contributed by atoms with E-state index in [9.17, 15) is 0 Å². The van der Waals surface area contributed by atoms with Crippen molar-refractivity contribution >= 4 is 0 Å². The average Bonchev–Trinajstić information content (AvgIpc) is 2.04. The predicted octanol–water partition coefficient (Wildman–Crippen LogP) is 4.99. The second-order valence-corrected chi connectivity index (χ2v) is 4.77. The molecule has 13 heavy (non-hydrogen) atoms. The number of unbranched alkanes of at least 4 members (excludes halogenated alkanes) is 4. The summed E-state index contributed by atoms with van der Waals surface area (Å²) >= 11 is 0. The van der Waals surface area contributed by atoms with E-state index in [1.54, 1.807) is 0 Å². The lowest BCUT2D eigenvalue weighted by Gasteiger charge is -2.23. The van der Waals surface area contributed by atoms with E-state index in [0.717, 1.165) is 0 Å². The maximum absolute atomic E-state index is 2.45. The molecule has 0 nitrogen and oxygen atoms in total. The maximum Gasteiger partial charge on any atom is -0.0323 e. The van der Waals surface area contributed by atoms with Gasteiger partial charge in [-0.15, -0.1) is 0 Å². The second-order valence-electron chi connectivity index (χ2n) is 4.77. The zero-order valence-electron chi connectivity index (χ0n) is 10.0. The highest BCUT2D eigenvalue weighted by Crippen LogP contribution is 2.28. The zero-order chi connectivity index (χ0) is 10.2. The molecule has 0 fully saturated rings. The fourth-order valence-electron chi connectivity index (χ4n) is 1.84. The van der Waals surface area contributed by atoms with Gasteiger partial charge in [0.2, 0.25) is 0 Å². The van der Waals surface area contributed by atoms with Crippen molar-refractivity contribution in [1.82, 2.24) is 0 Å². The molecule has 1 radical (unpaired) electrons. The first-order chi connectivity index (χ1) is 6.12. The second kappa shape index (κ2) is 7.41. The van der Waals surface area contributed by atoms with E-state index in [4.69, 9.17) is 0 Å². The molecule has 0 heterocycles. The largest absolute Gasteiger partial charge is 0.0654 e. The highest BCUT2D eigenvalue weighted by molar-refractivity contribution is 4.83. The third-order valence-electron chi connectivity index (χ3n) is 2.68. The van der Waals surface area contributed by atoms with Crippen LogP contribution in [0, 0.1) is 11.8 Å². The number of hydrogen-bond acceptors (Lipinski definition) is 0. The summed E-state index contributed by atoms with van der Waals surface area (Å²) in [5, 5.41) is 0. The molecule has 0 saturated heterocycles. The molecule has 0 heteroatoms. The van der Waals surface area contributed by atoms with Gasteiger partial charge in [0.15, 0.2) is 0 Å². The molecule has 0 rings (SSSR count). The van der Waals surface area contributed by atoms with Gasteiger partial charge in [0.25, 0.3) is 0 Å². The van der Waals surface area contributed by atoms with Crippen LogP contribution in [0.25, 0.3) is 0 Å². The summed E-state index contributed by atoms with van der Waals surface area (Å²) in [6.45, 7) is 9.22. The van der Waals surface area contributed by atoms with E-state index >= 15 is 0 Å². The van der Waals surface area contributed by atoms with Crippen LogP contribution in [0.5, 0.6) is 0 Å². The van der Waals surface area contributed by atoms with E-state index in [1.165, 1.54) is 44.9 Å². The first-order valence-electron chi connectivity index (χ1n) is 5.96. The molecule has 0 aliphatic carbocycles. The van der Waals surface area contributed by atoms with E-state index in [-0.39, 0.29) is 0 Å². The van der Waals surface area contributed by atoms with Crippen LogP contribution in [-0.2, 0) is 0 Å². The van der Waals surface area contributed by atoms with Gasteiger partial charge in [0.1, 0.15) is 0 Å². The minimum atomic E-state index is 0.473. The molecule has 0 amide bonds. The monoisotopic (exact) mass is 183 g/mol. The minimum absolute atomic E-state index is 0.473. The molecule has 0 N–H and O–H groups in total. The van der Waals surface area contributed by atoms with Gasteiger partial charge in [-0.05, 0) is 18.3 Å². The summed E-state index contributed by atoms with van der Waals surface area (Å²) in [6.07, 6.45) is 12.1.